The number of carbonyl (C=O) groups is 4. The van der Waals surface area contributed by atoms with Crippen LogP contribution >= 0.6 is 7.82 Å². The summed E-state index contributed by atoms with van der Waals surface area (Å²) < 4.78 is 15.4. The molecule has 0 saturated heterocycles. The second kappa shape index (κ2) is 20.9. The number of primary amides is 1. The van der Waals surface area contributed by atoms with Crippen LogP contribution in [0.5, 0.6) is 5.75 Å². The summed E-state index contributed by atoms with van der Waals surface area (Å²) in [6.45, 7) is 6.16. The molecule has 0 aliphatic rings. The first kappa shape index (κ1) is 39.0. The van der Waals surface area contributed by atoms with Crippen LogP contribution in [0.25, 0.3) is 0 Å². The van der Waals surface area contributed by atoms with Gasteiger partial charge in [-0.2, -0.15) is 0 Å². The summed E-state index contributed by atoms with van der Waals surface area (Å²) in [4.78, 5) is 69.7. The van der Waals surface area contributed by atoms with E-state index in [4.69, 9.17) is 10.6 Å². The van der Waals surface area contributed by atoms with Gasteiger partial charge in [-0.1, -0.05) is 58.6 Å². The summed E-state index contributed by atoms with van der Waals surface area (Å²) in [5.74, 6) is -1.79. The molecule has 0 radical (unpaired) electrons. The van der Waals surface area contributed by atoms with Crippen LogP contribution in [0.15, 0.2) is 24.3 Å². The molecule has 0 aliphatic heterocycles. The first-order chi connectivity index (χ1) is 18.9. The van der Waals surface area contributed by atoms with Gasteiger partial charge in [0.15, 0.2) is 0 Å². The van der Waals surface area contributed by atoms with Crippen molar-refractivity contribution in [2.24, 2.45) is 11.7 Å². The van der Waals surface area contributed by atoms with E-state index in [0.717, 1.165) is 19.3 Å². The van der Waals surface area contributed by atoms with Gasteiger partial charge in [-0.15, -0.1) is 0 Å². The van der Waals surface area contributed by atoms with Gasteiger partial charge in [0.05, 0.1) is 0 Å². The van der Waals surface area contributed by atoms with E-state index in [1.807, 2.05) is 20.8 Å². The zero-order valence-electron chi connectivity index (χ0n) is 24.6. The number of phosphoric acid groups is 1. The Morgan fingerprint density at radius 1 is 0.976 bits per heavy atom. The van der Waals surface area contributed by atoms with Crippen molar-refractivity contribution in [1.29, 1.82) is 0 Å². The average molecular weight is 607 g/mol. The number of benzene rings is 1. The van der Waals surface area contributed by atoms with Crippen molar-refractivity contribution >= 4 is 31.5 Å². The van der Waals surface area contributed by atoms with E-state index < -0.39 is 25.8 Å². The first-order valence-electron chi connectivity index (χ1n) is 13.8. The summed E-state index contributed by atoms with van der Waals surface area (Å²) in [6, 6.07) is 3.88. The predicted octanol–water partition coefficient (Wildman–Crippen LogP) is -1.17. The van der Waals surface area contributed by atoms with Gasteiger partial charge < -0.3 is 36.0 Å². The SMILES string of the molecule is CCCCCC(=O)N[C@@H](Cc1ccc(OP(=O)([O-])O)cc1)C(=O)N[C@H](C(=O)NCCCCCC(N)=O)[C@@H](C)CC.[Na+]. The molecule has 0 saturated carbocycles. The van der Waals surface area contributed by atoms with Crippen molar-refractivity contribution < 1.29 is 67.6 Å². The average Bonchev–Trinajstić information content (AvgIpc) is 2.88. The number of unbranched alkanes of at least 4 members (excludes halogenated alkanes) is 4. The molecule has 12 nitrogen and oxygen atoms in total. The largest absolute Gasteiger partial charge is 1.00 e. The van der Waals surface area contributed by atoms with Crippen LogP contribution in [0.2, 0.25) is 0 Å². The number of amides is 4. The molecule has 0 spiro atoms. The molecule has 41 heavy (non-hydrogen) atoms. The smallest absolute Gasteiger partial charge is 0.746 e. The normalized spacial score (nSPS) is 14.4. The van der Waals surface area contributed by atoms with Crippen LogP contribution in [-0.2, 0) is 30.2 Å². The van der Waals surface area contributed by atoms with Crippen LogP contribution in [0, 0.1) is 5.92 Å². The van der Waals surface area contributed by atoms with E-state index >= 15 is 0 Å². The van der Waals surface area contributed by atoms with Gasteiger partial charge in [-0.3, -0.25) is 23.7 Å². The fourth-order valence-corrected chi connectivity index (χ4v) is 4.33. The van der Waals surface area contributed by atoms with Gasteiger partial charge in [0, 0.05) is 25.8 Å². The van der Waals surface area contributed by atoms with Crippen LogP contribution < -0.4 is 60.7 Å². The second-order valence-corrected chi connectivity index (χ2v) is 11.0. The summed E-state index contributed by atoms with van der Waals surface area (Å²) in [7, 11) is -4.96. The van der Waals surface area contributed by atoms with Crippen LogP contribution in [0.3, 0.4) is 0 Å². The van der Waals surface area contributed by atoms with Gasteiger partial charge in [-0.05, 0) is 42.9 Å². The standard InChI is InChI=1S/C27H45N4O8P.Na/c1-4-6-8-12-24(33)30-22(18-20-13-15-21(16-14-20)39-40(36,37)38)26(34)31-25(19(3)5-2)27(35)29-17-10-7-9-11-23(28)32;/h13-16,19,22,25H,4-12,17-18H2,1-3H3,(H2,28,32)(H,29,35)(H,30,33)(H,31,34)(H2,36,37,38);/q;+1/p-1/t19-,22-,25-;/m0./s1. The maximum atomic E-state index is 13.4. The molecule has 0 aromatic heterocycles. The molecule has 226 valence electrons. The third kappa shape index (κ3) is 17.6. The fraction of sp³-hybridized carbons (Fsp3) is 0.630. The molecular weight excluding hydrogens is 562 g/mol. The van der Waals surface area contributed by atoms with Crippen molar-refractivity contribution in [2.75, 3.05) is 6.54 Å². The van der Waals surface area contributed by atoms with Gasteiger partial charge in [0.25, 0.3) is 0 Å². The molecule has 1 rings (SSSR count). The van der Waals surface area contributed by atoms with Gasteiger partial charge in [0.1, 0.15) is 17.8 Å². The quantitative estimate of drug-likeness (QED) is 0.0694. The number of phosphoric ester groups is 1. The molecule has 14 heteroatoms. The Morgan fingerprint density at radius 2 is 1.61 bits per heavy atom. The number of hydrogen-bond acceptors (Lipinski definition) is 7. The van der Waals surface area contributed by atoms with E-state index in [9.17, 15) is 28.6 Å². The number of carbonyl (C=O) groups excluding carboxylic acids is 4. The third-order valence-corrected chi connectivity index (χ3v) is 6.88. The van der Waals surface area contributed by atoms with Gasteiger partial charge in [0.2, 0.25) is 23.6 Å². The van der Waals surface area contributed by atoms with Crippen molar-refractivity contribution in [1.82, 2.24) is 16.0 Å². The molecule has 1 aromatic rings. The molecule has 4 amide bonds. The Kier molecular flexibility index (Phi) is 19.9. The zero-order valence-corrected chi connectivity index (χ0v) is 27.5. The van der Waals surface area contributed by atoms with Crippen LogP contribution in [0.4, 0.5) is 0 Å². The van der Waals surface area contributed by atoms with E-state index in [1.165, 1.54) is 24.3 Å². The summed E-state index contributed by atoms with van der Waals surface area (Å²) in [5, 5.41) is 8.41. The zero-order chi connectivity index (χ0) is 30.1. The van der Waals surface area contributed by atoms with Crippen molar-refractivity contribution in [3.8, 4) is 5.75 Å². The minimum absolute atomic E-state index is 0. The summed E-state index contributed by atoms with van der Waals surface area (Å²) in [5.41, 5.74) is 5.74. The van der Waals surface area contributed by atoms with Crippen LogP contribution in [0.1, 0.15) is 84.1 Å². The Labute approximate surface area is 264 Å². The van der Waals surface area contributed by atoms with Gasteiger partial charge in [-0.25, -0.2) is 0 Å². The Hall–Kier alpha value is -1.95. The van der Waals surface area contributed by atoms with Crippen molar-refractivity contribution in [2.45, 2.75) is 97.1 Å². The number of nitrogens with two attached hydrogens (primary N) is 1. The molecular formula is C27H44N4NaO8P. The molecule has 6 N–H and O–H groups in total. The number of rotatable bonds is 20. The molecule has 0 heterocycles. The van der Waals surface area contributed by atoms with E-state index in [0.29, 0.717) is 44.2 Å². The molecule has 0 aliphatic carbocycles. The monoisotopic (exact) mass is 606 g/mol. The Bertz CT molecular complexity index is 1010. The summed E-state index contributed by atoms with van der Waals surface area (Å²) >= 11 is 0. The minimum Gasteiger partial charge on any atom is -0.746 e. The van der Waals surface area contributed by atoms with E-state index in [-0.39, 0.29) is 71.8 Å². The van der Waals surface area contributed by atoms with E-state index in [1.54, 1.807) is 0 Å². The summed E-state index contributed by atoms with van der Waals surface area (Å²) in [6.07, 6.45) is 5.77. The number of hydrogen-bond donors (Lipinski definition) is 5. The fourth-order valence-electron chi connectivity index (χ4n) is 3.94. The molecule has 0 fully saturated rings. The van der Waals surface area contributed by atoms with Crippen molar-refractivity contribution in [3.05, 3.63) is 29.8 Å². The van der Waals surface area contributed by atoms with Gasteiger partial charge >= 0.3 is 37.4 Å². The minimum atomic E-state index is -4.96. The maximum absolute atomic E-state index is 13.4. The Balaban J connectivity index is 0.0000160. The van der Waals surface area contributed by atoms with E-state index in [2.05, 4.69) is 20.5 Å². The second-order valence-electron chi connectivity index (χ2n) is 9.92. The maximum Gasteiger partial charge on any atom is 1.00 e. The van der Waals surface area contributed by atoms with Crippen molar-refractivity contribution in [3.63, 3.8) is 0 Å². The number of nitrogens with one attached hydrogen (secondary N) is 3. The molecule has 1 unspecified atom stereocenters. The topological polar surface area (TPSA) is 200 Å². The third-order valence-electron chi connectivity index (χ3n) is 6.44. The molecule has 1 aromatic carbocycles. The molecule has 4 atom stereocenters. The predicted molar refractivity (Wildman–Crippen MR) is 149 cm³/mol. The van der Waals surface area contributed by atoms with Crippen LogP contribution in [-0.4, -0.2) is 47.2 Å². The molecule has 0 bridgehead atoms. The Morgan fingerprint density at radius 3 is 2.17 bits per heavy atom. The first-order valence-corrected chi connectivity index (χ1v) is 15.3.